The van der Waals surface area contributed by atoms with Crippen molar-refractivity contribution < 1.29 is 8.42 Å². The first-order chi connectivity index (χ1) is 9.82. The van der Waals surface area contributed by atoms with E-state index in [0.717, 1.165) is 25.9 Å². The molecule has 21 heavy (non-hydrogen) atoms. The standard InChI is InChI=1S/C13H17Cl3N2O2S/c1-18(8-9-2-4-17-5-3-9)21(19,20)13-11(15)6-10(14)7-12(13)16/h6-7,9,17H,2-5,8H2,1H3. The van der Waals surface area contributed by atoms with Crippen LogP contribution in [0.5, 0.6) is 0 Å². The molecular formula is C13H17Cl3N2O2S. The average molecular weight is 372 g/mol. The number of hydrogen-bond acceptors (Lipinski definition) is 3. The summed E-state index contributed by atoms with van der Waals surface area (Å²) in [5.74, 6) is 0.343. The molecule has 0 bridgehead atoms. The van der Waals surface area contributed by atoms with Gasteiger partial charge in [-0.05, 0) is 44.0 Å². The second-order valence-electron chi connectivity index (χ2n) is 5.18. The van der Waals surface area contributed by atoms with Crippen LogP contribution < -0.4 is 5.32 Å². The van der Waals surface area contributed by atoms with Gasteiger partial charge in [0, 0.05) is 18.6 Å². The molecule has 0 aliphatic carbocycles. The van der Waals surface area contributed by atoms with Gasteiger partial charge < -0.3 is 5.32 Å². The number of piperidine rings is 1. The molecule has 1 aliphatic rings. The summed E-state index contributed by atoms with van der Waals surface area (Å²) in [6.07, 6.45) is 1.92. The molecule has 0 unspecified atom stereocenters. The average Bonchev–Trinajstić information content (AvgIpc) is 2.38. The van der Waals surface area contributed by atoms with Gasteiger partial charge in [-0.25, -0.2) is 12.7 Å². The van der Waals surface area contributed by atoms with Crippen LogP contribution >= 0.6 is 34.8 Å². The van der Waals surface area contributed by atoms with Gasteiger partial charge in [-0.15, -0.1) is 0 Å². The summed E-state index contributed by atoms with van der Waals surface area (Å²) in [6, 6.07) is 2.78. The third-order valence-corrected chi connectivity index (χ3v) is 6.57. The van der Waals surface area contributed by atoms with Crippen molar-refractivity contribution in [3.05, 3.63) is 27.2 Å². The number of hydrogen-bond donors (Lipinski definition) is 1. The van der Waals surface area contributed by atoms with Crippen LogP contribution in [0.1, 0.15) is 12.8 Å². The van der Waals surface area contributed by atoms with Gasteiger partial charge in [-0.1, -0.05) is 34.8 Å². The van der Waals surface area contributed by atoms with E-state index < -0.39 is 10.0 Å². The number of nitrogens with one attached hydrogen (secondary N) is 1. The fourth-order valence-corrected chi connectivity index (χ4v) is 5.19. The van der Waals surface area contributed by atoms with Gasteiger partial charge in [0.2, 0.25) is 10.0 Å². The topological polar surface area (TPSA) is 49.4 Å². The van der Waals surface area contributed by atoms with Crippen molar-refractivity contribution in [1.29, 1.82) is 0 Å². The Morgan fingerprint density at radius 3 is 2.24 bits per heavy atom. The van der Waals surface area contributed by atoms with Gasteiger partial charge in [0.05, 0.1) is 10.0 Å². The second-order valence-corrected chi connectivity index (χ2v) is 8.41. The number of benzene rings is 1. The van der Waals surface area contributed by atoms with Crippen molar-refractivity contribution in [2.24, 2.45) is 5.92 Å². The highest BCUT2D eigenvalue weighted by Crippen LogP contribution is 2.34. The molecule has 1 heterocycles. The zero-order valence-corrected chi connectivity index (χ0v) is 14.7. The van der Waals surface area contributed by atoms with Gasteiger partial charge >= 0.3 is 0 Å². The summed E-state index contributed by atoms with van der Waals surface area (Å²) in [6.45, 7) is 2.29. The molecule has 1 aliphatic heterocycles. The number of rotatable bonds is 4. The molecule has 8 heteroatoms. The van der Waals surface area contributed by atoms with E-state index in [1.165, 1.54) is 16.4 Å². The van der Waals surface area contributed by atoms with E-state index in [9.17, 15) is 8.42 Å². The van der Waals surface area contributed by atoms with Crippen molar-refractivity contribution in [1.82, 2.24) is 9.62 Å². The Bertz CT molecular complexity index is 593. The highest BCUT2D eigenvalue weighted by molar-refractivity contribution is 7.89. The lowest BCUT2D eigenvalue weighted by molar-refractivity contribution is 0.311. The first kappa shape index (κ1) is 17.3. The van der Waals surface area contributed by atoms with E-state index in [-0.39, 0.29) is 14.9 Å². The monoisotopic (exact) mass is 370 g/mol. The van der Waals surface area contributed by atoms with Gasteiger partial charge in [0.25, 0.3) is 0 Å². The molecule has 0 atom stereocenters. The van der Waals surface area contributed by atoms with Crippen LogP contribution in [-0.2, 0) is 10.0 Å². The smallest absolute Gasteiger partial charge is 0.245 e. The van der Waals surface area contributed by atoms with E-state index in [1.54, 1.807) is 7.05 Å². The van der Waals surface area contributed by atoms with Gasteiger partial charge in [0.1, 0.15) is 4.90 Å². The first-order valence-electron chi connectivity index (χ1n) is 6.64. The van der Waals surface area contributed by atoms with Crippen LogP contribution in [0.2, 0.25) is 15.1 Å². The molecule has 0 spiro atoms. The summed E-state index contributed by atoms with van der Waals surface area (Å²) >= 11 is 17.9. The van der Waals surface area contributed by atoms with Crippen molar-refractivity contribution in [3.8, 4) is 0 Å². The first-order valence-corrected chi connectivity index (χ1v) is 9.21. The molecule has 0 amide bonds. The molecule has 1 fully saturated rings. The molecule has 118 valence electrons. The fourth-order valence-electron chi connectivity index (χ4n) is 2.46. The van der Waals surface area contributed by atoms with Gasteiger partial charge in [-0.2, -0.15) is 0 Å². The zero-order chi connectivity index (χ0) is 15.6. The Morgan fingerprint density at radius 1 is 1.19 bits per heavy atom. The van der Waals surface area contributed by atoms with Crippen LogP contribution in [0, 0.1) is 5.92 Å². The highest BCUT2D eigenvalue weighted by Gasteiger charge is 2.29. The van der Waals surface area contributed by atoms with Crippen LogP contribution in [0.3, 0.4) is 0 Å². The predicted octanol–water partition coefficient (Wildman–Crippen LogP) is 3.27. The normalized spacial score (nSPS) is 17.4. The molecule has 4 nitrogen and oxygen atoms in total. The lowest BCUT2D eigenvalue weighted by Gasteiger charge is -2.27. The molecule has 1 aromatic rings. The van der Waals surface area contributed by atoms with Gasteiger partial charge in [0.15, 0.2) is 0 Å². The molecular weight excluding hydrogens is 355 g/mol. The number of sulfonamides is 1. The Labute approximate surface area is 140 Å². The molecule has 1 saturated heterocycles. The maximum absolute atomic E-state index is 12.7. The minimum atomic E-state index is -3.73. The van der Waals surface area contributed by atoms with Crippen molar-refractivity contribution in [2.75, 3.05) is 26.7 Å². The van der Waals surface area contributed by atoms with Crippen molar-refractivity contribution in [3.63, 3.8) is 0 Å². The second kappa shape index (κ2) is 7.02. The summed E-state index contributed by atoms with van der Waals surface area (Å²) in [5, 5.41) is 3.66. The minimum Gasteiger partial charge on any atom is -0.317 e. The summed E-state index contributed by atoms with van der Waals surface area (Å²) in [4.78, 5) is -0.0772. The SMILES string of the molecule is CN(CC1CCNCC1)S(=O)(=O)c1c(Cl)cc(Cl)cc1Cl. The number of halogens is 3. The third-order valence-electron chi connectivity index (χ3n) is 3.61. The van der Waals surface area contributed by atoms with Crippen LogP contribution in [0.25, 0.3) is 0 Å². The molecule has 1 aromatic carbocycles. The van der Waals surface area contributed by atoms with E-state index in [4.69, 9.17) is 34.8 Å². The van der Waals surface area contributed by atoms with Crippen LogP contribution in [-0.4, -0.2) is 39.4 Å². The summed E-state index contributed by atoms with van der Waals surface area (Å²) in [7, 11) is -2.17. The maximum atomic E-state index is 12.7. The Hall–Kier alpha value is -0.0400. The molecule has 0 saturated carbocycles. The molecule has 1 N–H and O–H groups in total. The van der Waals surface area contributed by atoms with Crippen LogP contribution in [0.15, 0.2) is 17.0 Å². The molecule has 0 radical (unpaired) electrons. The quantitative estimate of drug-likeness (QED) is 0.883. The van der Waals surface area contributed by atoms with Crippen molar-refractivity contribution >= 4 is 44.8 Å². The highest BCUT2D eigenvalue weighted by atomic mass is 35.5. The minimum absolute atomic E-state index is 0.0460. The maximum Gasteiger partial charge on any atom is 0.245 e. The zero-order valence-electron chi connectivity index (χ0n) is 11.6. The van der Waals surface area contributed by atoms with E-state index in [1.807, 2.05) is 0 Å². The predicted molar refractivity (Wildman–Crippen MR) is 86.9 cm³/mol. The largest absolute Gasteiger partial charge is 0.317 e. The molecule has 0 aromatic heterocycles. The lowest BCUT2D eigenvalue weighted by atomic mass is 9.98. The van der Waals surface area contributed by atoms with E-state index in [0.29, 0.717) is 17.5 Å². The Morgan fingerprint density at radius 2 is 1.71 bits per heavy atom. The van der Waals surface area contributed by atoms with E-state index >= 15 is 0 Å². The fraction of sp³-hybridized carbons (Fsp3) is 0.538. The molecule has 2 rings (SSSR count). The lowest BCUT2D eigenvalue weighted by Crippen LogP contribution is -2.37. The van der Waals surface area contributed by atoms with Crippen molar-refractivity contribution in [2.45, 2.75) is 17.7 Å². The summed E-state index contributed by atoms with van der Waals surface area (Å²) in [5.41, 5.74) is 0. The number of nitrogens with zero attached hydrogens (tertiary/aromatic N) is 1. The summed E-state index contributed by atoms with van der Waals surface area (Å²) < 4.78 is 26.6. The Balaban J connectivity index is 2.24. The van der Waals surface area contributed by atoms with Gasteiger partial charge in [-0.3, -0.25) is 0 Å². The van der Waals surface area contributed by atoms with E-state index in [2.05, 4.69) is 5.32 Å². The van der Waals surface area contributed by atoms with Crippen LogP contribution in [0.4, 0.5) is 0 Å². The third kappa shape index (κ3) is 4.03. The Kier molecular flexibility index (Phi) is 5.79.